The summed E-state index contributed by atoms with van der Waals surface area (Å²) in [7, 11) is 0. The molecule has 0 radical (unpaired) electrons. The van der Waals surface area contributed by atoms with Gasteiger partial charge in [-0.15, -0.1) is 0 Å². The maximum absolute atomic E-state index is 11.7. The molecule has 1 nitrogen and oxygen atoms in total. The zero-order valence-electron chi connectivity index (χ0n) is 9.23. The highest BCUT2D eigenvalue weighted by Crippen LogP contribution is 2.29. The Hall–Kier alpha value is -0.330. The minimum atomic E-state index is 0.314. The van der Waals surface area contributed by atoms with Gasteiger partial charge in [0.05, 0.1) is 0 Å². The Bertz CT molecular complexity index is 170. The Morgan fingerprint density at radius 3 is 2.23 bits per heavy atom. The maximum Gasteiger partial charge on any atom is 0.135 e. The van der Waals surface area contributed by atoms with Crippen molar-refractivity contribution in [2.45, 2.75) is 59.3 Å². The lowest BCUT2D eigenvalue weighted by Gasteiger charge is -2.18. The molecule has 0 aromatic heterocycles. The monoisotopic (exact) mass is 182 g/mol. The van der Waals surface area contributed by atoms with Gasteiger partial charge in [0.15, 0.2) is 0 Å². The van der Waals surface area contributed by atoms with E-state index >= 15 is 0 Å². The molecule has 76 valence electrons. The molecule has 0 spiro atoms. The van der Waals surface area contributed by atoms with Crippen LogP contribution in [0.4, 0.5) is 0 Å². The lowest BCUT2D eigenvalue weighted by molar-refractivity contribution is -0.123. The predicted molar refractivity (Wildman–Crippen MR) is 55.7 cm³/mol. The number of hydrogen-bond donors (Lipinski definition) is 0. The summed E-state index contributed by atoms with van der Waals surface area (Å²) in [6.07, 6.45) is 6.69. The predicted octanol–water partition coefficient (Wildman–Crippen LogP) is 3.57. The molecule has 0 aromatic rings. The summed E-state index contributed by atoms with van der Waals surface area (Å²) in [5.74, 6) is 0.940. The Morgan fingerprint density at radius 2 is 1.77 bits per heavy atom. The molecule has 13 heavy (non-hydrogen) atoms. The molecule has 0 atom stereocenters. The van der Waals surface area contributed by atoms with Crippen molar-refractivity contribution in [2.24, 2.45) is 11.3 Å². The fourth-order valence-corrected chi connectivity index (χ4v) is 1.95. The first-order valence-electron chi connectivity index (χ1n) is 5.52. The minimum Gasteiger partial charge on any atom is -0.299 e. The van der Waals surface area contributed by atoms with E-state index in [1.807, 2.05) is 0 Å². The average molecular weight is 182 g/mol. The van der Waals surface area contributed by atoms with E-state index in [9.17, 15) is 4.79 Å². The van der Waals surface area contributed by atoms with Crippen LogP contribution < -0.4 is 0 Å². The van der Waals surface area contributed by atoms with Gasteiger partial charge in [-0.3, -0.25) is 4.79 Å². The van der Waals surface area contributed by atoms with Gasteiger partial charge in [-0.1, -0.05) is 33.6 Å². The zero-order chi connectivity index (χ0) is 9.90. The highest BCUT2D eigenvalue weighted by Gasteiger charge is 2.23. The molecule has 1 aliphatic rings. The second kappa shape index (κ2) is 4.26. The normalized spacial score (nSPS) is 19.3. The molecule has 0 bridgehead atoms. The van der Waals surface area contributed by atoms with Crippen LogP contribution in [0.2, 0.25) is 0 Å². The summed E-state index contributed by atoms with van der Waals surface area (Å²) in [5, 5.41) is 0. The molecular formula is C12H22O. The van der Waals surface area contributed by atoms with E-state index in [0.29, 0.717) is 17.1 Å². The van der Waals surface area contributed by atoms with E-state index in [-0.39, 0.29) is 0 Å². The van der Waals surface area contributed by atoms with Crippen molar-refractivity contribution in [1.29, 1.82) is 0 Å². The summed E-state index contributed by atoms with van der Waals surface area (Å²) >= 11 is 0. The van der Waals surface area contributed by atoms with Crippen LogP contribution in [0.1, 0.15) is 59.3 Å². The summed E-state index contributed by atoms with van der Waals surface area (Å²) in [6.45, 7) is 6.61. The first-order valence-corrected chi connectivity index (χ1v) is 5.52. The molecule has 1 rings (SSSR count). The van der Waals surface area contributed by atoms with Gasteiger partial charge in [-0.2, -0.15) is 0 Å². The van der Waals surface area contributed by atoms with Crippen molar-refractivity contribution < 1.29 is 4.79 Å². The average Bonchev–Trinajstić information content (AvgIpc) is 2.50. The molecule has 1 fully saturated rings. The SMILES string of the molecule is CC(C)(C)CCC(=O)C1CCCC1. The van der Waals surface area contributed by atoms with E-state index in [2.05, 4.69) is 20.8 Å². The summed E-state index contributed by atoms with van der Waals surface area (Å²) < 4.78 is 0. The van der Waals surface area contributed by atoms with Crippen LogP contribution in [0.15, 0.2) is 0 Å². The van der Waals surface area contributed by atoms with Crippen LogP contribution in [-0.4, -0.2) is 5.78 Å². The summed E-state index contributed by atoms with van der Waals surface area (Å²) in [5.41, 5.74) is 0.314. The molecule has 1 heteroatoms. The third-order valence-corrected chi connectivity index (χ3v) is 2.93. The van der Waals surface area contributed by atoms with Crippen LogP contribution >= 0.6 is 0 Å². The number of hydrogen-bond acceptors (Lipinski definition) is 1. The van der Waals surface area contributed by atoms with Crippen molar-refractivity contribution in [1.82, 2.24) is 0 Å². The highest BCUT2D eigenvalue weighted by molar-refractivity contribution is 5.81. The van der Waals surface area contributed by atoms with Crippen LogP contribution in [-0.2, 0) is 4.79 Å². The van der Waals surface area contributed by atoms with Crippen LogP contribution in [0.5, 0.6) is 0 Å². The number of rotatable bonds is 3. The van der Waals surface area contributed by atoms with Gasteiger partial charge >= 0.3 is 0 Å². The Labute approximate surface area is 81.9 Å². The quantitative estimate of drug-likeness (QED) is 0.652. The first kappa shape index (κ1) is 10.7. The molecule has 0 amide bonds. The molecule has 0 heterocycles. The van der Waals surface area contributed by atoms with E-state index in [4.69, 9.17) is 0 Å². The van der Waals surface area contributed by atoms with Gasteiger partial charge in [0, 0.05) is 12.3 Å². The van der Waals surface area contributed by atoms with E-state index < -0.39 is 0 Å². The number of Topliss-reactive ketones (excluding diaryl/α,β-unsaturated/α-hetero) is 1. The molecule has 0 unspecified atom stereocenters. The lowest BCUT2D eigenvalue weighted by Crippen LogP contribution is -2.14. The second-order valence-corrected chi connectivity index (χ2v) is 5.51. The lowest BCUT2D eigenvalue weighted by atomic mass is 9.87. The molecule has 0 N–H and O–H groups in total. The largest absolute Gasteiger partial charge is 0.299 e. The van der Waals surface area contributed by atoms with Gasteiger partial charge in [0.1, 0.15) is 5.78 Å². The molecule has 0 saturated heterocycles. The minimum absolute atomic E-state index is 0.314. The van der Waals surface area contributed by atoms with Crippen molar-refractivity contribution in [3.8, 4) is 0 Å². The first-order chi connectivity index (χ1) is 5.99. The Morgan fingerprint density at radius 1 is 1.23 bits per heavy atom. The van der Waals surface area contributed by atoms with Gasteiger partial charge in [0.25, 0.3) is 0 Å². The summed E-state index contributed by atoms with van der Waals surface area (Å²) in [6, 6.07) is 0. The molecule has 1 saturated carbocycles. The maximum atomic E-state index is 11.7. The topological polar surface area (TPSA) is 17.1 Å². The second-order valence-electron chi connectivity index (χ2n) is 5.51. The fourth-order valence-electron chi connectivity index (χ4n) is 1.95. The van der Waals surface area contributed by atoms with E-state index in [0.717, 1.165) is 25.7 Å². The number of carbonyl (C=O) groups excluding carboxylic acids is 1. The van der Waals surface area contributed by atoms with Gasteiger partial charge < -0.3 is 0 Å². The van der Waals surface area contributed by atoms with Crippen LogP contribution in [0, 0.1) is 11.3 Å². The van der Waals surface area contributed by atoms with Gasteiger partial charge in [0.2, 0.25) is 0 Å². The smallest absolute Gasteiger partial charge is 0.135 e. The Kier molecular flexibility index (Phi) is 3.52. The molecular weight excluding hydrogens is 160 g/mol. The fraction of sp³-hybridized carbons (Fsp3) is 0.917. The summed E-state index contributed by atoms with van der Waals surface area (Å²) in [4.78, 5) is 11.7. The number of carbonyl (C=O) groups is 1. The number of ketones is 1. The van der Waals surface area contributed by atoms with Gasteiger partial charge in [-0.25, -0.2) is 0 Å². The van der Waals surface area contributed by atoms with Crippen molar-refractivity contribution >= 4 is 5.78 Å². The van der Waals surface area contributed by atoms with E-state index in [1.54, 1.807) is 0 Å². The van der Waals surface area contributed by atoms with Crippen molar-refractivity contribution in [3.63, 3.8) is 0 Å². The van der Waals surface area contributed by atoms with Crippen LogP contribution in [0.3, 0.4) is 0 Å². The Balaban J connectivity index is 2.25. The van der Waals surface area contributed by atoms with E-state index in [1.165, 1.54) is 12.8 Å². The third kappa shape index (κ3) is 3.93. The third-order valence-electron chi connectivity index (χ3n) is 2.93. The molecule has 0 aliphatic heterocycles. The van der Waals surface area contributed by atoms with Crippen molar-refractivity contribution in [3.05, 3.63) is 0 Å². The van der Waals surface area contributed by atoms with Crippen molar-refractivity contribution in [2.75, 3.05) is 0 Å². The zero-order valence-corrected chi connectivity index (χ0v) is 9.23. The van der Waals surface area contributed by atoms with Gasteiger partial charge in [-0.05, 0) is 24.7 Å². The molecule has 1 aliphatic carbocycles. The van der Waals surface area contributed by atoms with Crippen LogP contribution in [0.25, 0.3) is 0 Å². The standard InChI is InChI=1S/C12H22O/c1-12(2,3)9-8-11(13)10-6-4-5-7-10/h10H,4-9H2,1-3H3. The molecule has 0 aromatic carbocycles. The highest BCUT2D eigenvalue weighted by atomic mass is 16.1.